The molecule has 0 bridgehead atoms. The number of carbonyl (C=O) groups excluding carboxylic acids is 2. The fourth-order valence-electron chi connectivity index (χ4n) is 2.99. The molecule has 146 valence electrons. The summed E-state index contributed by atoms with van der Waals surface area (Å²) < 4.78 is 10.7. The van der Waals surface area contributed by atoms with E-state index in [0.717, 1.165) is 56.1 Å². The summed E-state index contributed by atoms with van der Waals surface area (Å²) in [6.07, 6.45) is 6.05. The number of imide groups is 1. The van der Waals surface area contributed by atoms with Crippen LogP contribution in [0.25, 0.3) is 6.08 Å². The number of ether oxygens (including phenoxy) is 2. The highest BCUT2D eigenvalue weighted by Crippen LogP contribution is 2.36. The van der Waals surface area contributed by atoms with Crippen molar-refractivity contribution in [2.24, 2.45) is 0 Å². The van der Waals surface area contributed by atoms with E-state index in [1.54, 1.807) is 6.08 Å². The average molecular weight is 391 g/mol. The van der Waals surface area contributed by atoms with Crippen LogP contribution in [0.1, 0.15) is 45.1 Å². The summed E-state index contributed by atoms with van der Waals surface area (Å²) in [5.74, 6) is 1.14. The van der Waals surface area contributed by atoms with Crippen molar-refractivity contribution >= 4 is 29.0 Å². The van der Waals surface area contributed by atoms with E-state index in [9.17, 15) is 9.59 Å². The second kappa shape index (κ2) is 9.28. The first-order chi connectivity index (χ1) is 13.1. The summed E-state index contributed by atoms with van der Waals surface area (Å²) in [6, 6.07) is 5.50. The minimum atomic E-state index is -0.222. The van der Waals surface area contributed by atoms with Crippen LogP contribution in [0, 0.1) is 0 Å². The van der Waals surface area contributed by atoms with Gasteiger partial charge in [0.15, 0.2) is 11.5 Å². The summed E-state index contributed by atoms with van der Waals surface area (Å²) in [4.78, 5) is 29.2. The van der Waals surface area contributed by atoms with Gasteiger partial charge in [0.25, 0.3) is 11.1 Å². The highest BCUT2D eigenvalue weighted by atomic mass is 32.2. The number of amides is 2. The van der Waals surface area contributed by atoms with Crippen molar-refractivity contribution in [2.75, 3.05) is 26.6 Å². The maximum atomic E-state index is 12.8. The molecule has 2 heterocycles. The van der Waals surface area contributed by atoms with Crippen molar-refractivity contribution in [1.29, 1.82) is 0 Å². The Bertz CT molecular complexity index is 727. The molecule has 0 saturated carbocycles. The molecule has 6 nitrogen and oxygen atoms in total. The molecular formula is C20H26N2O4S. The SMILES string of the molecule is CCCCN(CCCC)CN1C(=O)S/C(=C\c2ccc3c(c2)OCO3)C1=O. The number of hydrogen-bond donors (Lipinski definition) is 0. The molecular weight excluding hydrogens is 364 g/mol. The van der Waals surface area contributed by atoms with Gasteiger partial charge in [-0.15, -0.1) is 0 Å². The fraction of sp³-hybridized carbons (Fsp3) is 0.500. The largest absolute Gasteiger partial charge is 0.454 e. The summed E-state index contributed by atoms with van der Waals surface area (Å²) in [5.41, 5.74) is 0.818. The Labute approximate surface area is 164 Å². The van der Waals surface area contributed by atoms with Gasteiger partial charge in [-0.05, 0) is 61.5 Å². The fourth-order valence-corrected chi connectivity index (χ4v) is 3.82. The molecule has 0 N–H and O–H groups in total. The number of thioether (sulfide) groups is 1. The highest BCUT2D eigenvalue weighted by molar-refractivity contribution is 8.18. The van der Waals surface area contributed by atoms with Crippen LogP contribution in [0.4, 0.5) is 4.79 Å². The average Bonchev–Trinajstić information content (AvgIpc) is 3.23. The Hall–Kier alpha value is -1.99. The van der Waals surface area contributed by atoms with E-state index < -0.39 is 0 Å². The third-order valence-electron chi connectivity index (χ3n) is 4.57. The van der Waals surface area contributed by atoms with Crippen LogP contribution >= 0.6 is 11.8 Å². The molecule has 0 radical (unpaired) electrons. The number of hydrogen-bond acceptors (Lipinski definition) is 6. The van der Waals surface area contributed by atoms with E-state index in [-0.39, 0.29) is 17.9 Å². The van der Waals surface area contributed by atoms with Gasteiger partial charge in [-0.25, -0.2) is 0 Å². The van der Waals surface area contributed by atoms with E-state index in [0.29, 0.717) is 23.1 Å². The quantitative estimate of drug-likeness (QED) is 0.586. The molecule has 0 aliphatic carbocycles. The molecule has 1 saturated heterocycles. The molecule has 1 fully saturated rings. The second-order valence-electron chi connectivity index (χ2n) is 6.69. The molecule has 1 aromatic rings. The van der Waals surface area contributed by atoms with E-state index >= 15 is 0 Å². The molecule has 0 aromatic heterocycles. The summed E-state index contributed by atoms with van der Waals surface area (Å²) >= 11 is 0.999. The number of fused-ring (bicyclic) bond motifs is 1. The van der Waals surface area contributed by atoms with Crippen LogP contribution in [0.5, 0.6) is 11.5 Å². The van der Waals surface area contributed by atoms with Crippen LogP contribution in [-0.2, 0) is 4.79 Å². The van der Waals surface area contributed by atoms with E-state index in [4.69, 9.17) is 9.47 Å². The molecule has 3 rings (SSSR count). The molecule has 0 spiro atoms. The van der Waals surface area contributed by atoms with Gasteiger partial charge in [0, 0.05) is 0 Å². The number of unbranched alkanes of at least 4 members (excludes halogenated alkanes) is 2. The van der Waals surface area contributed by atoms with Crippen LogP contribution in [0.15, 0.2) is 23.1 Å². The predicted molar refractivity (Wildman–Crippen MR) is 107 cm³/mol. The third-order valence-corrected chi connectivity index (χ3v) is 5.47. The topological polar surface area (TPSA) is 59.1 Å². The van der Waals surface area contributed by atoms with Crippen molar-refractivity contribution < 1.29 is 19.1 Å². The Morgan fingerprint density at radius 1 is 1.11 bits per heavy atom. The third kappa shape index (κ3) is 4.84. The molecule has 2 aliphatic heterocycles. The highest BCUT2D eigenvalue weighted by Gasteiger charge is 2.36. The first kappa shape index (κ1) is 19.8. The summed E-state index contributed by atoms with van der Waals surface area (Å²) in [6.45, 7) is 6.67. The molecule has 27 heavy (non-hydrogen) atoms. The van der Waals surface area contributed by atoms with Crippen LogP contribution in [0.3, 0.4) is 0 Å². The standard InChI is InChI=1S/C20H26N2O4S/c1-3-5-9-21(10-6-4-2)13-22-19(23)18(27-20(22)24)12-15-7-8-16-17(11-15)26-14-25-16/h7-8,11-12H,3-6,9-10,13-14H2,1-2H3/b18-12-. The van der Waals surface area contributed by atoms with Crippen LogP contribution in [0.2, 0.25) is 0 Å². The Kier molecular flexibility index (Phi) is 6.79. The zero-order valence-electron chi connectivity index (χ0n) is 15.9. The zero-order chi connectivity index (χ0) is 19.2. The number of carbonyl (C=O) groups is 2. The predicted octanol–water partition coefficient (Wildman–Crippen LogP) is 4.31. The van der Waals surface area contributed by atoms with Gasteiger partial charge < -0.3 is 9.47 Å². The number of rotatable bonds is 9. The maximum Gasteiger partial charge on any atom is 0.294 e. The molecule has 0 atom stereocenters. The van der Waals surface area contributed by atoms with E-state index in [2.05, 4.69) is 18.7 Å². The van der Waals surface area contributed by atoms with Gasteiger partial charge in [0.2, 0.25) is 6.79 Å². The minimum absolute atomic E-state index is 0.204. The second-order valence-corrected chi connectivity index (χ2v) is 7.68. The first-order valence-corrected chi connectivity index (χ1v) is 10.3. The van der Waals surface area contributed by atoms with Gasteiger partial charge in [0.05, 0.1) is 11.6 Å². The van der Waals surface area contributed by atoms with Crippen LogP contribution < -0.4 is 9.47 Å². The lowest BCUT2D eigenvalue weighted by molar-refractivity contribution is -0.124. The molecule has 2 amide bonds. The van der Waals surface area contributed by atoms with Gasteiger partial charge in [-0.3, -0.25) is 19.4 Å². The lowest BCUT2D eigenvalue weighted by Crippen LogP contribution is -2.41. The zero-order valence-corrected chi connectivity index (χ0v) is 16.7. The van der Waals surface area contributed by atoms with Gasteiger partial charge in [-0.1, -0.05) is 32.8 Å². The lowest BCUT2D eigenvalue weighted by atomic mass is 10.2. The minimum Gasteiger partial charge on any atom is -0.454 e. The van der Waals surface area contributed by atoms with Crippen LogP contribution in [-0.4, -0.2) is 47.5 Å². The van der Waals surface area contributed by atoms with Crippen molar-refractivity contribution in [3.63, 3.8) is 0 Å². The van der Waals surface area contributed by atoms with Crippen molar-refractivity contribution in [3.8, 4) is 11.5 Å². The first-order valence-electron chi connectivity index (χ1n) is 9.49. The van der Waals surface area contributed by atoms with Crippen molar-refractivity contribution in [3.05, 3.63) is 28.7 Å². The molecule has 7 heteroatoms. The van der Waals surface area contributed by atoms with E-state index in [1.807, 2.05) is 18.2 Å². The molecule has 2 aliphatic rings. The maximum absolute atomic E-state index is 12.8. The molecule has 0 unspecified atom stereocenters. The van der Waals surface area contributed by atoms with Crippen molar-refractivity contribution in [1.82, 2.24) is 9.80 Å². The van der Waals surface area contributed by atoms with Gasteiger partial charge in [0.1, 0.15) is 0 Å². The Balaban J connectivity index is 1.70. The molecule has 1 aromatic carbocycles. The Morgan fingerprint density at radius 3 is 2.52 bits per heavy atom. The summed E-state index contributed by atoms with van der Waals surface area (Å²) in [5, 5.41) is -0.204. The monoisotopic (exact) mass is 390 g/mol. The van der Waals surface area contributed by atoms with Crippen molar-refractivity contribution in [2.45, 2.75) is 39.5 Å². The Morgan fingerprint density at radius 2 is 1.81 bits per heavy atom. The van der Waals surface area contributed by atoms with E-state index in [1.165, 1.54) is 4.90 Å². The number of benzene rings is 1. The number of nitrogens with zero attached hydrogens (tertiary/aromatic N) is 2. The van der Waals surface area contributed by atoms with Gasteiger partial charge in [-0.2, -0.15) is 0 Å². The lowest BCUT2D eigenvalue weighted by Gasteiger charge is -2.26. The summed E-state index contributed by atoms with van der Waals surface area (Å²) in [7, 11) is 0. The van der Waals surface area contributed by atoms with Gasteiger partial charge >= 0.3 is 0 Å². The smallest absolute Gasteiger partial charge is 0.294 e. The normalized spacial score (nSPS) is 17.6.